The van der Waals surface area contributed by atoms with Gasteiger partial charge in [-0.05, 0) is 37.3 Å². The summed E-state index contributed by atoms with van der Waals surface area (Å²) in [6.07, 6.45) is 1.32. The Labute approximate surface area is 177 Å². The van der Waals surface area contributed by atoms with Gasteiger partial charge >= 0.3 is 5.97 Å². The summed E-state index contributed by atoms with van der Waals surface area (Å²) in [7, 11) is 2.67. The smallest absolute Gasteiger partial charge is 0.340 e. The van der Waals surface area contributed by atoms with Crippen LogP contribution in [0.15, 0.2) is 59.3 Å². The largest absolute Gasteiger partial charge is 0.495 e. The van der Waals surface area contributed by atoms with E-state index in [1.807, 2.05) is 0 Å². The molecule has 9 heteroatoms. The normalized spacial score (nSPS) is 15.0. The van der Waals surface area contributed by atoms with E-state index in [1.165, 1.54) is 49.5 Å². The molecule has 0 saturated heterocycles. The average Bonchev–Trinajstić information content (AvgIpc) is 2.97. The molecular weight excluding hydrogens is 412 g/mol. The number of amides is 1. The van der Waals surface area contributed by atoms with Crippen molar-refractivity contribution in [3.05, 3.63) is 80.0 Å². The molecule has 30 heavy (non-hydrogen) atoms. The van der Waals surface area contributed by atoms with Crippen molar-refractivity contribution in [3.8, 4) is 5.75 Å². The van der Waals surface area contributed by atoms with Crippen molar-refractivity contribution in [3.63, 3.8) is 0 Å². The number of nitro groups is 1. The summed E-state index contributed by atoms with van der Waals surface area (Å²) < 4.78 is 9.98. The number of hydrogen-bond donors (Lipinski definition) is 0. The van der Waals surface area contributed by atoms with E-state index in [-0.39, 0.29) is 27.4 Å². The van der Waals surface area contributed by atoms with Gasteiger partial charge in [0.25, 0.3) is 11.6 Å². The summed E-state index contributed by atoms with van der Waals surface area (Å²) in [6, 6.07) is 10.7. The molecule has 1 heterocycles. The van der Waals surface area contributed by atoms with E-state index in [4.69, 9.17) is 21.1 Å². The second-order valence-corrected chi connectivity index (χ2v) is 6.69. The lowest BCUT2D eigenvalue weighted by Gasteiger charge is -2.19. The lowest BCUT2D eigenvalue weighted by Crippen LogP contribution is -2.24. The maximum absolute atomic E-state index is 13.3. The molecule has 2 aromatic rings. The first-order valence-electron chi connectivity index (χ1n) is 8.72. The molecule has 0 radical (unpaired) electrons. The maximum Gasteiger partial charge on any atom is 0.340 e. The van der Waals surface area contributed by atoms with Gasteiger partial charge in [0, 0.05) is 11.8 Å². The van der Waals surface area contributed by atoms with Crippen LogP contribution in [0.4, 0.5) is 11.4 Å². The van der Waals surface area contributed by atoms with E-state index < -0.39 is 16.8 Å². The second kappa shape index (κ2) is 8.38. The number of nitrogens with zero attached hydrogens (tertiary/aromatic N) is 2. The third-order valence-corrected chi connectivity index (χ3v) is 4.91. The number of carbonyl (C=O) groups excluding carboxylic acids is 2. The van der Waals surface area contributed by atoms with E-state index >= 15 is 0 Å². The standard InChI is InChI=1S/C21H17ClN2O6/c1-12-19(21(26)30-3)15(10-13-6-4-5-7-17(13)24(27)28)20(25)23(12)14-8-9-18(29-2)16(22)11-14/h4-11H,1-3H3/b15-10-. The summed E-state index contributed by atoms with van der Waals surface area (Å²) in [5.74, 6) is -0.836. The van der Waals surface area contributed by atoms with E-state index in [9.17, 15) is 19.7 Å². The predicted octanol–water partition coefficient (Wildman–Crippen LogP) is 4.13. The molecule has 1 amide bonds. The van der Waals surface area contributed by atoms with Gasteiger partial charge in [0.05, 0.1) is 46.6 Å². The summed E-state index contributed by atoms with van der Waals surface area (Å²) >= 11 is 6.19. The van der Waals surface area contributed by atoms with Gasteiger partial charge in [-0.15, -0.1) is 0 Å². The summed E-state index contributed by atoms with van der Waals surface area (Å²) in [5.41, 5.74) is 0.738. The lowest BCUT2D eigenvalue weighted by molar-refractivity contribution is -0.385. The number of benzene rings is 2. The molecule has 0 N–H and O–H groups in total. The molecule has 0 atom stereocenters. The molecule has 0 unspecified atom stereocenters. The number of allylic oxidation sites excluding steroid dienone is 1. The zero-order valence-electron chi connectivity index (χ0n) is 16.3. The first-order chi connectivity index (χ1) is 14.3. The number of para-hydroxylation sites is 1. The number of nitro benzene ring substituents is 1. The Morgan fingerprint density at radius 2 is 1.90 bits per heavy atom. The van der Waals surface area contributed by atoms with Crippen LogP contribution in [0.1, 0.15) is 12.5 Å². The van der Waals surface area contributed by atoms with Gasteiger partial charge in [-0.25, -0.2) is 4.79 Å². The number of carbonyl (C=O) groups is 2. The Kier molecular flexibility index (Phi) is 5.89. The van der Waals surface area contributed by atoms with Crippen LogP contribution in [0, 0.1) is 10.1 Å². The van der Waals surface area contributed by atoms with E-state index in [2.05, 4.69) is 0 Å². The van der Waals surface area contributed by atoms with Crippen molar-refractivity contribution in [2.24, 2.45) is 0 Å². The highest BCUT2D eigenvalue weighted by atomic mass is 35.5. The second-order valence-electron chi connectivity index (χ2n) is 6.29. The number of esters is 1. The number of hydrogen-bond acceptors (Lipinski definition) is 6. The monoisotopic (exact) mass is 428 g/mol. The molecule has 3 rings (SSSR count). The molecular formula is C21H17ClN2O6. The Hall–Kier alpha value is -3.65. The van der Waals surface area contributed by atoms with Gasteiger partial charge in [0.2, 0.25) is 0 Å². The number of rotatable bonds is 5. The first-order valence-corrected chi connectivity index (χ1v) is 9.10. The minimum Gasteiger partial charge on any atom is -0.495 e. The Morgan fingerprint density at radius 1 is 1.20 bits per heavy atom. The van der Waals surface area contributed by atoms with Crippen LogP contribution >= 0.6 is 11.6 Å². The van der Waals surface area contributed by atoms with Gasteiger partial charge in [0.15, 0.2) is 0 Å². The van der Waals surface area contributed by atoms with E-state index in [1.54, 1.807) is 25.1 Å². The highest BCUT2D eigenvalue weighted by molar-refractivity contribution is 6.32. The lowest BCUT2D eigenvalue weighted by atomic mass is 10.0. The van der Waals surface area contributed by atoms with Crippen molar-refractivity contribution < 1.29 is 24.0 Å². The number of methoxy groups -OCH3 is 2. The summed E-state index contributed by atoms with van der Waals surface area (Å²) in [4.78, 5) is 37.8. The van der Waals surface area contributed by atoms with Gasteiger partial charge in [-0.3, -0.25) is 19.8 Å². The molecule has 0 aromatic heterocycles. The third-order valence-electron chi connectivity index (χ3n) is 4.62. The highest BCUT2D eigenvalue weighted by Crippen LogP contribution is 2.38. The first kappa shape index (κ1) is 21.1. The molecule has 0 aliphatic carbocycles. The fraction of sp³-hybridized carbons (Fsp3) is 0.143. The van der Waals surface area contributed by atoms with Crippen LogP contribution in [0.25, 0.3) is 6.08 Å². The summed E-state index contributed by atoms with van der Waals surface area (Å²) in [5, 5.41) is 11.6. The minimum absolute atomic E-state index is 0.0133. The van der Waals surface area contributed by atoms with Crippen LogP contribution < -0.4 is 9.64 Å². The van der Waals surface area contributed by atoms with Crippen molar-refractivity contribution >= 4 is 40.9 Å². The molecule has 0 saturated carbocycles. The van der Waals surface area contributed by atoms with Gasteiger partial charge in [-0.2, -0.15) is 0 Å². The number of anilines is 1. The highest BCUT2D eigenvalue weighted by Gasteiger charge is 2.38. The third kappa shape index (κ3) is 3.65. The SMILES string of the molecule is COC(=O)C1=C(C)N(c2ccc(OC)c(Cl)c2)C(=O)/C1=C\c1ccccc1[N+](=O)[O-]. The van der Waals surface area contributed by atoms with Crippen LogP contribution in [0.2, 0.25) is 5.02 Å². The van der Waals surface area contributed by atoms with Crippen molar-refractivity contribution in [1.82, 2.24) is 0 Å². The zero-order chi connectivity index (χ0) is 22.0. The molecule has 0 fully saturated rings. The number of halogens is 1. The Bertz CT molecular complexity index is 1120. The molecule has 0 bridgehead atoms. The Morgan fingerprint density at radius 3 is 2.50 bits per heavy atom. The van der Waals surface area contributed by atoms with Crippen LogP contribution in [-0.4, -0.2) is 31.0 Å². The maximum atomic E-state index is 13.3. The molecule has 2 aromatic carbocycles. The minimum atomic E-state index is -0.729. The molecule has 8 nitrogen and oxygen atoms in total. The molecule has 0 spiro atoms. The van der Waals surface area contributed by atoms with Crippen LogP contribution in [0.5, 0.6) is 5.75 Å². The van der Waals surface area contributed by atoms with E-state index in [0.717, 1.165) is 0 Å². The number of ether oxygens (including phenoxy) is 2. The van der Waals surface area contributed by atoms with Crippen molar-refractivity contribution in [2.75, 3.05) is 19.1 Å². The van der Waals surface area contributed by atoms with E-state index in [0.29, 0.717) is 17.1 Å². The van der Waals surface area contributed by atoms with Gasteiger partial charge < -0.3 is 9.47 Å². The fourth-order valence-corrected chi connectivity index (χ4v) is 3.47. The molecule has 1 aliphatic heterocycles. The Balaban J connectivity index is 2.18. The topological polar surface area (TPSA) is 99.0 Å². The van der Waals surface area contributed by atoms with Crippen LogP contribution in [-0.2, 0) is 14.3 Å². The zero-order valence-corrected chi connectivity index (χ0v) is 17.1. The van der Waals surface area contributed by atoms with Gasteiger partial charge in [-0.1, -0.05) is 23.7 Å². The average molecular weight is 429 g/mol. The van der Waals surface area contributed by atoms with Crippen LogP contribution in [0.3, 0.4) is 0 Å². The van der Waals surface area contributed by atoms with Gasteiger partial charge in [0.1, 0.15) is 5.75 Å². The fourth-order valence-electron chi connectivity index (χ4n) is 3.22. The summed E-state index contributed by atoms with van der Waals surface area (Å²) in [6.45, 7) is 1.59. The molecule has 1 aliphatic rings. The quantitative estimate of drug-likeness (QED) is 0.307. The predicted molar refractivity (Wildman–Crippen MR) is 111 cm³/mol. The van der Waals surface area contributed by atoms with Crippen molar-refractivity contribution in [2.45, 2.75) is 6.92 Å². The molecule has 154 valence electrons. The van der Waals surface area contributed by atoms with Crippen molar-refractivity contribution in [1.29, 1.82) is 0 Å².